The Morgan fingerprint density at radius 2 is 2.00 bits per heavy atom. The Morgan fingerprint density at radius 1 is 1.27 bits per heavy atom. The summed E-state index contributed by atoms with van der Waals surface area (Å²) in [5, 5.41) is 3.32. The van der Waals surface area contributed by atoms with Gasteiger partial charge in [-0.2, -0.15) is 0 Å². The molecule has 0 saturated heterocycles. The van der Waals surface area contributed by atoms with Gasteiger partial charge in [0.2, 0.25) is 0 Å². The molecule has 0 fully saturated rings. The Morgan fingerprint density at radius 3 is 2.60 bits per heavy atom. The molecule has 84 valence electrons. The van der Waals surface area contributed by atoms with Gasteiger partial charge in [-0.15, -0.1) is 0 Å². The number of nitrogens with one attached hydrogen (secondary N) is 1. The zero-order chi connectivity index (χ0) is 10.9. The minimum Gasteiger partial charge on any atom is -0.316 e. The number of hydrogen-bond donors (Lipinski definition) is 1. The highest BCUT2D eigenvalue weighted by Crippen LogP contribution is 1.96. The molecule has 4 nitrogen and oxygen atoms in total. The normalized spacial score (nSPS) is 10.9. The molecule has 15 heavy (non-hydrogen) atoms. The molecule has 0 aromatic carbocycles. The number of aromatic nitrogens is 2. The topological polar surface area (TPSA) is 41.0 Å². The Balaban J connectivity index is 2.33. The van der Waals surface area contributed by atoms with Crippen molar-refractivity contribution < 1.29 is 0 Å². The molecule has 0 aliphatic carbocycles. The smallest absolute Gasteiger partial charge is 0.142 e. The van der Waals surface area contributed by atoms with Crippen LogP contribution in [0.15, 0.2) is 18.5 Å². The summed E-state index contributed by atoms with van der Waals surface area (Å²) >= 11 is 0. The summed E-state index contributed by atoms with van der Waals surface area (Å²) in [6.45, 7) is 9.25. The summed E-state index contributed by atoms with van der Waals surface area (Å²) in [7, 11) is 0. The molecule has 4 heteroatoms. The third-order valence-electron chi connectivity index (χ3n) is 2.29. The van der Waals surface area contributed by atoms with E-state index >= 15 is 0 Å². The fourth-order valence-electron chi connectivity index (χ4n) is 1.37. The molecule has 0 unspecified atom stereocenters. The number of nitrogens with zero attached hydrogens (tertiary/aromatic N) is 3. The molecule has 0 aliphatic heterocycles. The van der Waals surface area contributed by atoms with E-state index in [2.05, 4.69) is 34.0 Å². The summed E-state index contributed by atoms with van der Waals surface area (Å²) in [6, 6.07) is 1.85. The molecule has 0 radical (unpaired) electrons. The Labute approximate surface area is 91.7 Å². The van der Waals surface area contributed by atoms with Crippen LogP contribution in [0.1, 0.15) is 19.7 Å². The van der Waals surface area contributed by atoms with E-state index in [-0.39, 0.29) is 0 Å². The van der Waals surface area contributed by atoms with E-state index in [4.69, 9.17) is 0 Å². The lowest BCUT2D eigenvalue weighted by molar-refractivity contribution is 0.273. The number of likely N-dealkylation sites (N-methyl/N-ethyl adjacent to an activating group) is 2. The lowest BCUT2D eigenvalue weighted by Crippen LogP contribution is -2.32. The standard InChI is InChI=1S/C11H20N4/c1-3-12-8-9-15(4-2)10-11-13-6-5-7-14-11/h5-7,12H,3-4,8-10H2,1-2H3. The van der Waals surface area contributed by atoms with Crippen molar-refractivity contribution in [3.8, 4) is 0 Å². The van der Waals surface area contributed by atoms with Crippen molar-refractivity contribution in [2.24, 2.45) is 0 Å². The Bertz CT molecular complexity index is 250. The third kappa shape index (κ3) is 4.85. The molecule has 0 bridgehead atoms. The first-order valence-electron chi connectivity index (χ1n) is 5.55. The van der Waals surface area contributed by atoms with E-state index in [0.717, 1.165) is 38.5 Å². The summed E-state index contributed by atoms with van der Waals surface area (Å²) < 4.78 is 0. The minimum atomic E-state index is 0.836. The highest BCUT2D eigenvalue weighted by atomic mass is 15.1. The Hall–Kier alpha value is -1.00. The molecule has 1 aromatic heterocycles. The highest BCUT2D eigenvalue weighted by molar-refractivity contribution is 4.88. The van der Waals surface area contributed by atoms with Gasteiger partial charge < -0.3 is 5.32 Å². The van der Waals surface area contributed by atoms with Gasteiger partial charge in [-0.05, 0) is 19.2 Å². The van der Waals surface area contributed by atoms with Crippen LogP contribution in [0.4, 0.5) is 0 Å². The Kier molecular flexibility index (Phi) is 5.88. The predicted octanol–water partition coefficient (Wildman–Crippen LogP) is 0.908. The maximum atomic E-state index is 4.22. The predicted molar refractivity (Wildman–Crippen MR) is 61.5 cm³/mol. The number of hydrogen-bond acceptors (Lipinski definition) is 4. The van der Waals surface area contributed by atoms with Crippen molar-refractivity contribution in [2.45, 2.75) is 20.4 Å². The van der Waals surface area contributed by atoms with E-state index in [9.17, 15) is 0 Å². The fraction of sp³-hybridized carbons (Fsp3) is 0.636. The van der Waals surface area contributed by atoms with Gasteiger partial charge in [0.05, 0.1) is 6.54 Å². The van der Waals surface area contributed by atoms with Crippen LogP contribution in [0.2, 0.25) is 0 Å². The van der Waals surface area contributed by atoms with Gasteiger partial charge in [0, 0.05) is 25.5 Å². The molecule has 0 saturated carbocycles. The summed E-state index contributed by atoms with van der Waals surface area (Å²) in [6.07, 6.45) is 3.58. The molecule has 0 spiro atoms. The number of rotatable bonds is 7. The molecule has 1 heterocycles. The average molecular weight is 208 g/mol. The van der Waals surface area contributed by atoms with Gasteiger partial charge in [-0.1, -0.05) is 13.8 Å². The first-order valence-corrected chi connectivity index (χ1v) is 5.55. The lowest BCUT2D eigenvalue weighted by atomic mass is 10.4. The van der Waals surface area contributed by atoms with Gasteiger partial charge in [0.15, 0.2) is 0 Å². The van der Waals surface area contributed by atoms with Crippen molar-refractivity contribution in [3.05, 3.63) is 24.3 Å². The molecule has 1 N–H and O–H groups in total. The maximum absolute atomic E-state index is 4.22. The van der Waals surface area contributed by atoms with Gasteiger partial charge in [0.1, 0.15) is 5.82 Å². The van der Waals surface area contributed by atoms with E-state index in [1.807, 2.05) is 6.07 Å². The zero-order valence-electron chi connectivity index (χ0n) is 9.61. The molecule has 0 aliphatic rings. The second-order valence-corrected chi connectivity index (χ2v) is 3.39. The molecular weight excluding hydrogens is 188 g/mol. The zero-order valence-corrected chi connectivity index (χ0v) is 9.61. The van der Waals surface area contributed by atoms with E-state index < -0.39 is 0 Å². The van der Waals surface area contributed by atoms with E-state index in [0.29, 0.717) is 0 Å². The van der Waals surface area contributed by atoms with Gasteiger partial charge in [-0.3, -0.25) is 4.90 Å². The SMILES string of the molecule is CCNCCN(CC)Cc1ncccn1. The first-order chi connectivity index (χ1) is 7.36. The quantitative estimate of drug-likeness (QED) is 0.676. The van der Waals surface area contributed by atoms with Crippen molar-refractivity contribution in [1.82, 2.24) is 20.2 Å². The van der Waals surface area contributed by atoms with Crippen LogP contribution in [-0.2, 0) is 6.54 Å². The van der Waals surface area contributed by atoms with Crippen LogP contribution < -0.4 is 5.32 Å². The van der Waals surface area contributed by atoms with E-state index in [1.54, 1.807) is 12.4 Å². The van der Waals surface area contributed by atoms with Crippen LogP contribution >= 0.6 is 0 Å². The average Bonchev–Trinajstić information content (AvgIpc) is 2.29. The summed E-state index contributed by atoms with van der Waals surface area (Å²) in [5.74, 6) is 0.899. The van der Waals surface area contributed by atoms with Crippen molar-refractivity contribution in [2.75, 3.05) is 26.2 Å². The first kappa shape index (κ1) is 12.1. The monoisotopic (exact) mass is 208 g/mol. The third-order valence-corrected chi connectivity index (χ3v) is 2.29. The minimum absolute atomic E-state index is 0.836. The second-order valence-electron chi connectivity index (χ2n) is 3.39. The van der Waals surface area contributed by atoms with Crippen LogP contribution in [0.3, 0.4) is 0 Å². The summed E-state index contributed by atoms with van der Waals surface area (Å²) in [4.78, 5) is 10.8. The van der Waals surface area contributed by atoms with Crippen LogP contribution in [-0.4, -0.2) is 41.0 Å². The molecular formula is C11H20N4. The maximum Gasteiger partial charge on any atom is 0.142 e. The molecule has 0 atom stereocenters. The van der Waals surface area contributed by atoms with E-state index in [1.165, 1.54) is 0 Å². The van der Waals surface area contributed by atoms with Crippen LogP contribution in [0, 0.1) is 0 Å². The van der Waals surface area contributed by atoms with Gasteiger partial charge in [0.25, 0.3) is 0 Å². The van der Waals surface area contributed by atoms with Crippen molar-refractivity contribution in [3.63, 3.8) is 0 Å². The van der Waals surface area contributed by atoms with Gasteiger partial charge in [-0.25, -0.2) is 9.97 Å². The fourth-order valence-corrected chi connectivity index (χ4v) is 1.37. The largest absolute Gasteiger partial charge is 0.316 e. The van der Waals surface area contributed by atoms with Crippen LogP contribution in [0.25, 0.3) is 0 Å². The molecule has 1 rings (SSSR count). The van der Waals surface area contributed by atoms with Crippen LogP contribution in [0.5, 0.6) is 0 Å². The second kappa shape index (κ2) is 7.31. The van der Waals surface area contributed by atoms with Crippen molar-refractivity contribution in [1.29, 1.82) is 0 Å². The molecule has 1 aromatic rings. The summed E-state index contributed by atoms with van der Waals surface area (Å²) in [5.41, 5.74) is 0. The molecule has 0 amide bonds. The lowest BCUT2D eigenvalue weighted by Gasteiger charge is -2.19. The van der Waals surface area contributed by atoms with Gasteiger partial charge >= 0.3 is 0 Å². The van der Waals surface area contributed by atoms with Crippen molar-refractivity contribution >= 4 is 0 Å². The highest BCUT2D eigenvalue weighted by Gasteiger charge is 2.04.